The summed E-state index contributed by atoms with van der Waals surface area (Å²) in [6.07, 6.45) is 1.81. The van der Waals surface area contributed by atoms with Gasteiger partial charge in [0, 0.05) is 6.04 Å². The van der Waals surface area contributed by atoms with Gasteiger partial charge in [0.15, 0.2) is 9.84 Å². The van der Waals surface area contributed by atoms with Crippen molar-refractivity contribution in [2.24, 2.45) is 5.92 Å². The van der Waals surface area contributed by atoms with E-state index in [2.05, 4.69) is 26.1 Å². The van der Waals surface area contributed by atoms with Gasteiger partial charge in [-0.05, 0) is 32.7 Å². The second kappa shape index (κ2) is 7.28. The Bertz CT molecular complexity index is 271. The minimum absolute atomic E-state index is 0.247. The zero-order valence-corrected chi connectivity index (χ0v) is 12.1. The van der Waals surface area contributed by atoms with E-state index in [9.17, 15) is 8.42 Å². The van der Waals surface area contributed by atoms with Crippen LogP contribution in [0, 0.1) is 5.92 Å². The largest absolute Gasteiger partial charge is 0.314 e. The molecule has 1 unspecified atom stereocenters. The van der Waals surface area contributed by atoms with E-state index in [1.807, 2.05) is 0 Å². The number of hydrogen-bond donors (Lipinski definition) is 1. The first kappa shape index (κ1) is 15.9. The van der Waals surface area contributed by atoms with Gasteiger partial charge in [-0.2, -0.15) is 0 Å². The summed E-state index contributed by atoms with van der Waals surface area (Å²) in [5, 5.41) is 3.12. The van der Waals surface area contributed by atoms with Gasteiger partial charge in [-0.25, -0.2) is 8.42 Å². The summed E-state index contributed by atoms with van der Waals surface area (Å²) in [4.78, 5) is 0. The Kier molecular flexibility index (Phi) is 7.24. The molecule has 0 saturated carbocycles. The van der Waals surface area contributed by atoms with Crippen LogP contribution >= 0.6 is 0 Å². The molecule has 16 heavy (non-hydrogen) atoms. The minimum Gasteiger partial charge on any atom is -0.314 e. The number of hydrogen-bond acceptors (Lipinski definition) is 3. The lowest BCUT2D eigenvalue weighted by Crippen LogP contribution is -2.30. The van der Waals surface area contributed by atoms with Crippen molar-refractivity contribution >= 4 is 9.84 Å². The quantitative estimate of drug-likeness (QED) is 0.717. The highest BCUT2D eigenvalue weighted by Gasteiger charge is 2.18. The van der Waals surface area contributed by atoms with Crippen LogP contribution in [0.25, 0.3) is 0 Å². The Morgan fingerprint density at radius 2 is 1.69 bits per heavy atom. The third-order valence-corrected chi connectivity index (χ3v) is 5.16. The molecule has 0 aromatic carbocycles. The Hall–Kier alpha value is -0.0900. The van der Waals surface area contributed by atoms with Gasteiger partial charge < -0.3 is 5.32 Å². The first-order valence-corrected chi connectivity index (χ1v) is 7.96. The Morgan fingerprint density at radius 3 is 2.06 bits per heavy atom. The molecule has 0 fully saturated rings. The molecule has 1 N–H and O–H groups in total. The predicted octanol–water partition coefficient (Wildman–Crippen LogP) is 2.22. The van der Waals surface area contributed by atoms with Gasteiger partial charge in [0.2, 0.25) is 0 Å². The van der Waals surface area contributed by atoms with E-state index in [1.165, 1.54) is 0 Å². The summed E-state index contributed by atoms with van der Waals surface area (Å²) in [6.45, 7) is 10.8. The summed E-state index contributed by atoms with van der Waals surface area (Å²) in [5.41, 5.74) is 0. The lowest BCUT2D eigenvalue weighted by molar-refractivity contribution is 0.426. The van der Waals surface area contributed by atoms with Gasteiger partial charge in [0.25, 0.3) is 0 Å². The lowest BCUT2D eigenvalue weighted by Gasteiger charge is -2.18. The van der Waals surface area contributed by atoms with Gasteiger partial charge in [-0.1, -0.05) is 27.2 Å². The van der Waals surface area contributed by atoms with Crippen molar-refractivity contribution in [1.29, 1.82) is 0 Å². The number of nitrogens with one attached hydrogen (secondary N) is 1. The zero-order chi connectivity index (χ0) is 12.8. The highest BCUT2D eigenvalue weighted by atomic mass is 32.2. The van der Waals surface area contributed by atoms with Crippen molar-refractivity contribution in [3.05, 3.63) is 0 Å². The summed E-state index contributed by atoms with van der Waals surface area (Å²) in [7, 11) is -2.87. The summed E-state index contributed by atoms with van der Waals surface area (Å²) < 4.78 is 23.3. The second-order valence-electron chi connectivity index (χ2n) is 5.04. The van der Waals surface area contributed by atoms with Gasteiger partial charge in [-0.15, -0.1) is 0 Å². The predicted molar refractivity (Wildman–Crippen MR) is 70.5 cm³/mol. The fraction of sp³-hybridized carbons (Fsp3) is 1.00. The monoisotopic (exact) mass is 249 g/mol. The van der Waals surface area contributed by atoms with Crippen LogP contribution in [0.2, 0.25) is 0 Å². The molecule has 0 spiro atoms. The standard InChI is InChI=1S/C12H27NO2S/c1-6-12(9-13-10(2)3)7-8-16(14,15)11(4)5/h10-13H,6-9H2,1-5H3. The van der Waals surface area contributed by atoms with Crippen molar-refractivity contribution in [1.82, 2.24) is 5.32 Å². The SMILES string of the molecule is CCC(CCS(=O)(=O)C(C)C)CNC(C)C. The average molecular weight is 249 g/mol. The Morgan fingerprint density at radius 1 is 1.12 bits per heavy atom. The van der Waals surface area contributed by atoms with E-state index in [0.29, 0.717) is 17.7 Å². The molecule has 0 heterocycles. The molecule has 0 aliphatic heterocycles. The van der Waals surface area contributed by atoms with Crippen LogP contribution in [-0.4, -0.2) is 32.0 Å². The average Bonchev–Trinajstić information content (AvgIpc) is 2.17. The van der Waals surface area contributed by atoms with E-state index < -0.39 is 9.84 Å². The minimum atomic E-state index is -2.87. The van der Waals surface area contributed by atoms with Crippen LogP contribution in [0.4, 0.5) is 0 Å². The van der Waals surface area contributed by atoms with Crippen LogP contribution in [0.1, 0.15) is 47.5 Å². The maximum Gasteiger partial charge on any atom is 0.152 e. The molecule has 98 valence electrons. The zero-order valence-electron chi connectivity index (χ0n) is 11.3. The third kappa shape index (κ3) is 6.48. The molecular weight excluding hydrogens is 222 g/mol. The van der Waals surface area contributed by atoms with Crippen LogP contribution in [-0.2, 0) is 9.84 Å². The van der Waals surface area contributed by atoms with Crippen molar-refractivity contribution in [2.75, 3.05) is 12.3 Å². The molecule has 0 radical (unpaired) electrons. The molecule has 4 heteroatoms. The van der Waals surface area contributed by atoms with Crippen LogP contribution in [0.15, 0.2) is 0 Å². The van der Waals surface area contributed by atoms with Crippen LogP contribution in [0.3, 0.4) is 0 Å². The molecule has 0 aliphatic rings. The maximum absolute atomic E-state index is 11.7. The fourth-order valence-electron chi connectivity index (χ4n) is 1.42. The van der Waals surface area contributed by atoms with Gasteiger partial charge in [0.05, 0.1) is 11.0 Å². The van der Waals surface area contributed by atoms with Gasteiger partial charge in [0.1, 0.15) is 0 Å². The first-order valence-electron chi connectivity index (χ1n) is 6.24. The molecule has 0 aromatic heterocycles. The summed E-state index contributed by atoms with van der Waals surface area (Å²) in [6, 6.07) is 0.468. The molecule has 0 amide bonds. The highest BCUT2D eigenvalue weighted by Crippen LogP contribution is 2.12. The normalized spacial score (nSPS) is 14.7. The number of sulfone groups is 1. The topological polar surface area (TPSA) is 46.2 Å². The number of rotatable bonds is 8. The second-order valence-corrected chi connectivity index (χ2v) is 7.72. The van der Waals surface area contributed by atoms with E-state index in [1.54, 1.807) is 13.8 Å². The van der Waals surface area contributed by atoms with E-state index >= 15 is 0 Å². The fourth-order valence-corrected chi connectivity index (χ4v) is 2.55. The van der Waals surface area contributed by atoms with E-state index in [4.69, 9.17) is 0 Å². The first-order chi connectivity index (χ1) is 7.29. The van der Waals surface area contributed by atoms with Crippen molar-refractivity contribution in [3.8, 4) is 0 Å². The molecule has 0 aromatic rings. The van der Waals surface area contributed by atoms with Gasteiger partial charge in [-0.3, -0.25) is 0 Å². The smallest absolute Gasteiger partial charge is 0.152 e. The van der Waals surface area contributed by atoms with Crippen molar-refractivity contribution in [3.63, 3.8) is 0 Å². The molecule has 0 aliphatic carbocycles. The molecule has 0 saturated heterocycles. The molecule has 0 bridgehead atoms. The molecule has 1 atom stereocenters. The van der Waals surface area contributed by atoms with E-state index in [0.717, 1.165) is 19.4 Å². The molecular formula is C12H27NO2S. The third-order valence-electron chi connectivity index (χ3n) is 2.92. The van der Waals surface area contributed by atoms with Crippen molar-refractivity contribution < 1.29 is 8.42 Å². The summed E-state index contributed by atoms with van der Waals surface area (Å²) >= 11 is 0. The van der Waals surface area contributed by atoms with Gasteiger partial charge >= 0.3 is 0 Å². The van der Waals surface area contributed by atoms with Crippen molar-refractivity contribution in [2.45, 2.75) is 58.8 Å². The summed E-state index contributed by atoms with van der Waals surface area (Å²) in [5.74, 6) is 0.791. The Labute approximate surface area is 101 Å². The highest BCUT2D eigenvalue weighted by molar-refractivity contribution is 7.91. The van der Waals surface area contributed by atoms with E-state index in [-0.39, 0.29) is 5.25 Å². The Balaban J connectivity index is 4.05. The lowest BCUT2D eigenvalue weighted by atomic mass is 10.0. The van der Waals surface area contributed by atoms with Crippen LogP contribution < -0.4 is 5.32 Å². The molecule has 3 nitrogen and oxygen atoms in total. The maximum atomic E-state index is 11.7. The molecule has 0 rings (SSSR count). The van der Waals surface area contributed by atoms with Crippen LogP contribution in [0.5, 0.6) is 0 Å².